The number of allylic oxidation sites excluding steroid dienone is 2. The number of rotatable bonds is 2. The molecule has 11 atom stereocenters. The minimum Gasteiger partial charge on any atom is -0.393 e. The van der Waals surface area contributed by atoms with Crippen LogP contribution in [0.15, 0.2) is 11.6 Å². The minimum absolute atomic E-state index is 0.0200. The van der Waals surface area contributed by atoms with Gasteiger partial charge in [-0.25, -0.2) is 0 Å². The Labute approximate surface area is 206 Å². The van der Waals surface area contributed by atoms with Gasteiger partial charge in [0.25, 0.3) is 0 Å². The quantitative estimate of drug-likeness (QED) is 0.391. The van der Waals surface area contributed by atoms with Crippen LogP contribution >= 0.6 is 0 Å². The smallest absolute Gasteiger partial charge is 0.158 e. The summed E-state index contributed by atoms with van der Waals surface area (Å²) in [5.41, 5.74) is 2.28. The van der Waals surface area contributed by atoms with E-state index in [9.17, 15) is 10.2 Å². The van der Waals surface area contributed by atoms with E-state index in [4.69, 9.17) is 9.47 Å². The number of aliphatic hydroxyl groups excluding tert-OH is 2. The summed E-state index contributed by atoms with van der Waals surface area (Å²) in [6.07, 6.45) is 11.0. The molecule has 0 spiro atoms. The summed E-state index contributed by atoms with van der Waals surface area (Å²) < 4.78 is 12.0. The first-order valence-corrected chi connectivity index (χ1v) is 14.2. The van der Waals surface area contributed by atoms with E-state index in [1.807, 2.05) is 0 Å². The predicted octanol–water partition coefficient (Wildman–Crippen LogP) is 5.85. The molecular weight excluding hydrogens is 424 g/mol. The molecule has 0 aromatic heterocycles. The van der Waals surface area contributed by atoms with Crippen LogP contribution < -0.4 is 0 Å². The maximum Gasteiger partial charge on any atom is 0.158 e. The molecule has 3 saturated carbocycles. The van der Waals surface area contributed by atoms with Crippen LogP contribution in [-0.2, 0) is 9.47 Å². The SMILES string of the molecule is CC1(C)O[C@@H]1[C@H]1C[C@H]([C@@H]2CC[C@]3(C)C4=CC[C@H]5C(C)(C)[C@@H](O)CC[C@]5(C)[C@H]4CC[C@@]23C)[C@@H](O)O1. The van der Waals surface area contributed by atoms with Crippen molar-refractivity contribution in [2.24, 2.45) is 45.3 Å². The van der Waals surface area contributed by atoms with E-state index in [0.29, 0.717) is 17.8 Å². The molecule has 2 heterocycles. The molecule has 0 unspecified atom stereocenters. The molecule has 0 aromatic carbocycles. The zero-order chi connectivity index (χ0) is 24.5. The van der Waals surface area contributed by atoms with Gasteiger partial charge in [-0.05, 0) is 105 Å². The summed E-state index contributed by atoms with van der Waals surface area (Å²) in [5.74, 6) is 1.89. The number of fused-ring (bicyclic) bond motifs is 5. The Morgan fingerprint density at radius 1 is 0.912 bits per heavy atom. The van der Waals surface area contributed by atoms with Crippen LogP contribution in [-0.4, -0.2) is 40.4 Å². The second-order valence-electron chi connectivity index (χ2n) is 14.9. The van der Waals surface area contributed by atoms with Gasteiger partial charge in [0.2, 0.25) is 0 Å². The number of epoxide rings is 1. The first-order valence-electron chi connectivity index (χ1n) is 14.2. The molecule has 4 heteroatoms. The Balaban J connectivity index is 1.29. The molecule has 6 rings (SSSR count). The van der Waals surface area contributed by atoms with Gasteiger partial charge in [-0.15, -0.1) is 0 Å². The highest BCUT2D eigenvalue weighted by Crippen LogP contribution is 2.73. The average Bonchev–Trinajstić information content (AvgIpc) is 3.08. The Hall–Kier alpha value is -0.420. The highest BCUT2D eigenvalue weighted by molar-refractivity contribution is 5.33. The largest absolute Gasteiger partial charge is 0.393 e. The third-order valence-corrected chi connectivity index (χ3v) is 13.0. The van der Waals surface area contributed by atoms with Gasteiger partial charge in [-0.1, -0.05) is 46.3 Å². The Morgan fingerprint density at radius 2 is 1.62 bits per heavy atom. The fraction of sp³-hybridized carbons (Fsp3) is 0.933. The van der Waals surface area contributed by atoms with E-state index in [2.05, 4.69) is 54.5 Å². The molecule has 2 N–H and O–H groups in total. The van der Waals surface area contributed by atoms with Crippen LogP contribution in [0.2, 0.25) is 0 Å². The van der Waals surface area contributed by atoms with Gasteiger partial charge in [-0.2, -0.15) is 0 Å². The summed E-state index contributed by atoms with van der Waals surface area (Å²) in [7, 11) is 0. The van der Waals surface area contributed by atoms with Crippen molar-refractivity contribution in [1.29, 1.82) is 0 Å². The van der Waals surface area contributed by atoms with Crippen LogP contribution in [0.25, 0.3) is 0 Å². The van der Waals surface area contributed by atoms with E-state index >= 15 is 0 Å². The normalized spacial score (nSPS) is 57.4. The third-order valence-electron chi connectivity index (χ3n) is 13.0. The van der Waals surface area contributed by atoms with Crippen LogP contribution in [0.5, 0.6) is 0 Å². The summed E-state index contributed by atoms with van der Waals surface area (Å²) in [6, 6.07) is 0. The zero-order valence-electron chi connectivity index (χ0n) is 22.6. The van der Waals surface area contributed by atoms with Crippen molar-refractivity contribution in [3.05, 3.63) is 11.6 Å². The van der Waals surface area contributed by atoms with E-state index in [1.165, 1.54) is 25.7 Å². The maximum absolute atomic E-state index is 11.0. The lowest BCUT2D eigenvalue weighted by Gasteiger charge is -2.64. The van der Waals surface area contributed by atoms with Gasteiger partial charge in [0.1, 0.15) is 6.10 Å². The monoisotopic (exact) mass is 472 g/mol. The average molecular weight is 473 g/mol. The molecule has 192 valence electrons. The molecule has 2 saturated heterocycles. The lowest BCUT2D eigenvalue weighted by Crippen LogP contribution is -2.58. The molecule has 4 aliphatic carbocycles. The predicted molar refractivity (Wildman–Crippen MR) is 133 cm³/mol. The first kappa shape index (κ1) is 23.9. The summed E-state index contributed by atoms with van der Waals surface area (Å²) in [5, 5.41) is 21.9. The molecule has 6 aliphatic rings. The van der Waals surface area contributed by atoms with Crippen molar-refractivity contribution < 1.29 is 19.7 Å². The van der Waals surface area contributed by atoms with Crippen molar-refractivity contribution in [2.45, 2.75) is 130 Å². The molecule has 34 heavy (non-hydrogen) atoms. The fourth-order valence-electron chi connectivity index (χ4n) is 10.5. The van der Waals surface area contributed by atoms with Crippen LogP contribution in [0.3, 0.4) is 0 Å². The molecular formula is C30H48O4. The van der Waals surface area contributed by atoms with Crippen LogP contribution in [0, 0.1) is 45.3 Å². The Kier molecular flexibility index (Phi) is 5.01. The van der Waals surface area contributed by atoms with Crippen molar-refractivity contribution >= 4 is 0 Å². The van der Waals surface area contributed by atoms with Gasteiger partial charge < -0.3 is 19.7 Å². The van der Waals surface area contributed by atoms with E-state index in [0.717, 1.165) is 25.7 Å². The van der Waals surface area contributed by atoms with E-state index in [-0.39, 0.29) is 51.5 Å². The highest BCUT2D eigenvalue weighted by atomic mass is 16.7. The van der Waals surface area contributed by atoms with Crippen LogP contribution in [0.1, 0.15) is 99.8 Å². The third kappa shape index (κ3) is 2.92. The van der Waals surface area contributed by atoms with Crippen molar-refractivity contribution in [3.63, 3.8) is 0 Å². The van der Waals surface area contributed by atoms with Crippen molar-refractivity contribution in [3.8, 4) is 0 Å². The van der Waals surface area contributed by atoms with Gasteiger partial charge in [0.15, 0.2) is 6.29 Å². The lowest BCUT2D eigenvalue weighted by atomic mass is 9.41. The molecule has 0 radical (unpaired) electrons. The maximum atomic E-state index is 11.0. The molecule has 0 amide bonds. The fourth-order valence-corrected chi connectivity index (χ4v) is 10.5. The zero-order valence-corrected chi connectivity index (χ0v) is 22.6. The second kappa shape index (κ2) is 7.11. The van der Waals surface area contributed by atoms with Crippen molar-refractivity contribution in [2.75, 3.05) is 0 Å². The summed E-state index contributed by atoms with van der Waals surface area (Å²) in [6.45, 7) is 16.5. The molecule has 0 bridgehead atoms. The number of ether oxygens (including phenoxy) is 2. The highest BCUT2D eigenvalue weighted by Gasteiger charge is 2.67. The Bertz CT molecular complexity index is 892. The summed E-state index contributed by atoms with van der Waals surface area (Å²) >= 11 is 0. The molecule has 4 nitrogen and oxygen atoms in total. The number of hydrogen-bond donors (Lipinski definition) is 2. The van der Waals surface area contributed by atoms with Crippen LogP contribution in [0.4, 0.5) is 0 Å². The Morgan fingerprint density at radius 3 is 2.29 bits per heavy atom. The van der Waals surface area contributed by atoms with E-state index < -0.39 is 6.29 Å². The topological polar surface area (TPSA) is 62.2 Å². The number of aliphatic hydroxyl groups is 2. The standard InChI is InChI=1S/C30H48O4/c1-26(2)22-9-8-20-19(28(22,5)13-12-23(26)31)11-15-29(6)18(10-14-30(20,29)7)17-16-21(33-25(17)32)24-27(3,4)34-24/h8,17-19,21-25,31-32H,9-16H2,1-7H3/t17-,18+,19+,21-,22+,23+,24-,25+,28-,29+,30-/m1/s1. The van der Waals surface area contributed by atoms with Gasteiger partial charge in [0, 0.05) is 5.92 Å². The second-order valence-corrected chi connectivity index (χ2v) is 14.9. The molecule has 0 aromatic rings. The molecule has 2 aliphatic heterocycles. The van der Waals surface area contributed by atoms with Gasteiger partial charge in [0.05, 0.1) is 17.8 Å². The van der Waals surface area contributed by atoms with Gasteiger partial charge in [-0.3, -0.25) is 0 Å². The summed E-state index contributed by atoms with van der Waals surface area (Å²) in [4.78, 5) is 0. The first-order chi connectivity index (χ1) is 15.8. The molecule has 5 fully saturated rings. The van der Waals surface area contributed by atoms with Gasteiger partial charge >= 0.3 is 0 Å². The van der Waals surface area contributed by atoms with Crippen molar-refractivity contribution in [1.82, 2.24) is 0 Å². The minimum atomic E-state index is -0.658. The lowest BCUT2D eigenvalue weighted by molar-refractivity contribution is -0.143. The number of hydrogen-bond acceptors (Lipinski definition) is 4. The van der Waals surface area contributed by atoms with E-state index in [1.54, 1.807) is 5.57 Å².